The van der Waals surface area contributed by atoms with Gasteiger partial charge >= 0.3 is 12.1 Å². The number of alkyl halides is 3. The Bertz CT molecular complexity index is 1130. The maximum atomic E-state index is 13.3. The number of pyridine rings is 1. The zero-order valence-corrected chi connectivity index (χ0v) is 19.7. The van der Waals surface area contributed by atoms with Gasteiger partial charge in [-0.2, -0.15) is 13.2 Å². The van der Waals surface area contributed by atoms with E-state index in [4.69, 9.17) is 14.6 Å². The molecular formula is C27H30F3NO4. The van der Waals surface area contributed by atoms with E-state index in [1.807, 2.05) is 31.2 Å². The van der Waals surface area contributed by atoms with Crippen LogP contribution in [0.5, 0.6) is 11.5 Å². The van der Waals surface area contributed by atoms with Crippen LogP contribution in [0.2, 0.25) is 0 Å². The van der Waals surface area contributed by atoms with Crippen molar-refractivity contribution < 1.29 is 32.5 Å². The minimum Gasteiger partial charge on any atom is -0.493 e. The third-order valence-electron chi connectivity index (χ3n) is 5.58. The largest absolute Gasteiger partial charge is 0.493 e. The van der Waals surface area contributed by atoms with Gasteiger partial charge in [-0.15, -0.1) is 0 Å². The number of unbranched alkanes of at least 4 members (excludes halogenated alkanes) is 3. The summed E-state index contributed by atoms with van der Waals surface area (Å²) in [6.07, 6.45) is 0.303. The summed E-state index contributed by atoms with van der Waals surface area (Å²) in [7, 11) is 0. The van der Waals surface area contributed by atoms with Gasteiger partial charge in [0.15, 0.2) is 0 Å². The van der Waals surface area contributed by atoms with Crippen LogP contribution in [-0.2, 0) is 24.0 Å². The number of carboxylic acids is 1. The molecule has 1 aromatic heterocycles. The van der Waals surface area contributed by atoms with E-state index in [0.29, 0.717) is 18.4 Å². The smallest absolute Gasteiger partial charge is 0.433 e. The Kier molecular flexibility index (Phi) is 9.34. The molecule has 0 radical (unpaired) electrons. The number of para-hydroxylation sites is 1. The van der Waals surface area contributed by atoms with Crippen molar-refractivity contribution in [1.82, 2.24) is 4.98 Å². The highest BCUT2D eigenvalue weighted by atomic mass is 19.4. The van der Waals surface area contributed by atoms with E-state index in [0.717, 1.165) is 55.0 Å². The number of benzene rings is 2. The van der Waals surface area contributed by atoms with Crippen LogP contribution in [0.15, 0.2) is 48.5 Å². The van der Waals surface area contributed by atoms with Gasteiger partial charge in [0.25, 0.3) is 0 Å². The van der Waals surface area contributed by atoms with Crippen LogP contribution < -0.4 is 9.47 Å². The van der Waals surface area contributed by atoms with E-state index in [9.17, 15) is 18.0 Å². The number of hydrogen-bond donors (Lipinski definition) is 1. The van der Waals surface area contributed by atoms with Crippen molar-refractivity contribution >= 4 is 16.9 Å². The number of aryl methyl sites for hydroxylation is 1. The van der Waals surface area contributed by atoms with Crippen molar-refractivity contribution in [2.45, 2.75) is 64.7 Å². The molecule has 0 aliphatic heterocycles. The predicted molar refractivity (Wildman–Crippen MR) is 128 cm³/mol. The van der Waals surface area contributed by atoms with Gasteiger partial charge in [-0.1, -0.05) is 44.0 Å². The van der Waals surface area contributed by atoms with Gasteiger partial charge in [0.2, 0.25) is 0 Å². The first-order valence-electron chi connectivity index (χ1n) is 11.8. The van der Waals surface area contributed by atoms with Crippen molar-refractivity contribution in [3.05, 3.63) is 65.4 Å². The maximum Gasteiger partial charge on any atom is 0.433 e. The quantitative estimate of drug-likeness (QED) is 0.257. The number of carbonyl (C=O) groups is 1. The van der Waals surface area contributed by atoms with E-state index >= 15 is 0 Å². The summed E-state index contributed by atoms with van der Waals surface area (Å²) >= 11 is 0. The topological polar surface area (TPSA) is 68.7 Å². The first-order valence-corrected chi connectivity index (χ1v) is 11.8. The molecular weight excluding hydrogens is 459 g/mol. The molecule has 5 nitrogen and oxygen atoms in total. The van der Waals surface area contributed by atoms with Gasteiger partial charge in [-0.3, -0.25) is 4.79 Å². The summed E-state index contributed by atoms with van der Waals surface area (Å²) in [6, 6.07) is 13.7. The lowest BCUT2D eigenvalue weighted by atomic mass is 10.1. The van der Waals surface area contributed by atoms with Crippen LogP contribution in [0.3, 0.4) is 0 Å². The normalized spacial score (nSPS) is 11.5. The van der Waals surface area contributed by atoms with E-state index in [2.05, 4.69) is 4.98 Å². The molecule has 0 saturated heterocycles. The zero-order valence-electron chi connectivity index (χ0n) is 19.7. The fourth-order valence-corrected chi connectivity index (χ4v) is 3.70. The van der Waals surface area contributed by atoms with Crippen LogP contribution >= 0.6 is 0 Å². The molecule has 1 N–H and O–H groups in total. The monoisotopic (exact) mass is 489 g/mol. The lowest BCUT2D eigenvalue weighted by Gasteiger charge is -2.15. The molecule has 0 aliphatic rings. The summed E-state index contributed by atoms with van der Waals surface area (Å²) in [6.45, 7) is 2.55. The van der Waals surface area contributed by atoms with E-state index < -0.39 is 17.8 Å². The molecule has 35 heavy (non-hydrogen) atoms. The Balaban J connectivity index is 1.74. The molecule has 2 aromatic carbocycles. The molecule has 0 amide bonds. The number of ether oxygens (including phenoxy) is 2. The Morgan fingerprint density at radius 1 is 0.971 bits per heavy atom. The fourth-order valence-electron chi connectivity index (χ4n) is 3.70. The van der Waals surface area contributed by atoms with Crippen LogP contribution in [-0.4, -0.2) is 22.7 Å². The average molecular weight is 490 g/mol. The van der Waals surface area contributed by atoms with Gasteiger partial charge in [0, 0.05) is 17.9 Å². The number of carboxylic acid groups (broad SMARTS) is 1. The third kappa shape index (κ3) is 7.87. The summed E-state index contributed by atoms with van der Waals surface area (Å²) in [5.41, 5.74) is 1.06. The van der Waals surface area contributed by atoms with Crippen LogP contribution in [0.4, 0.5) is 13.2 Å². The highest BCUT2D eigenvalue weighted by Gasteiger charge is 2.33. The van der Waals surface area contributed by atoms with E-state index in [-0.39, 0.29) is 24.3 Å². The molecule has 0 saturated carbocycles. The number of halogens is 3. The van der Waals surface area contributed by atoms with E-state index in [1.54, 1.807) is 18.2 Å². The van der Waals surface area contributed by atoms with Gasteiger partial charge in [-0.25, -0.2) is 4.98 Å². The minimum absolute atomic E-state index is 0.166. The first kappa shape index (κ1) is 26.3. The fraction of sp³-hybridized carbons (Fsp3) is 0.407. The van der Waals surface area contributed by atoms with E-state index in [1.165, 1.54) is 0 Å². The van der Waals surface area contributed by atoms with Gasteiger partial charge in [0.05, 0.1) is 12.1 Å². The third-order valence-corrected chi connectivity index (χ3v) is 5.58. The second-order valence-electron chi connectivity index (χ2n) is 8.41. The number of rotatable bonds is 13. The number of hydrogen-bond acceptors (Lipinski definition) is 4. The summed E-state index contributed by atoms with van der Waals surface area (Å²) in [4.78, 5) is 14.4. The van der Waals surface area contributed by atoms with Crippen molar-refractivity contribution in [3.8, 4) is 11.5 Å². The molecule has 0 fully saturated rings. The Labute approximate surface area is 202 Å². The Hall–Kier alpha value is -3.29. The molecule has 3 rings (SSSR count). The Morgan fingerprint density at radius 2 is 1.77 bits per heavy atom. The zero-order chi connectivity index (χ0) is 25.3. The molecule has 1 heterocycles. The molecule has 0 atom stereocenters. The molecule has 188 valence electrons. The molecule has 0 aliphatic carbocycles. The first-order chi connectivity index (χ1) is 16.8. The molecule has 0 spiro atoms. The Morgan fingerprint density at radius 3 is 2.51 bits per heavy atom. The summed E-state index contributed by atoms with van der Waals surface area (Å²) < 4.78 is 51.7. The maximum absolute atomic E-state index is 13.3. The highest BCUT2D eigenvalue weighted by Crippen LogP contribution is 2.35. The molecule has 0 bridgehead atoms. The van der Waals surface area contributed by atoms with Crippen molar-refractivity contribution in [3.63, 3.8) is 0 Å². The number of nitrogens with zero attached hydrogens (tertiary/aromatic N) is 1. The SMILES string of the molecule is CCCCOc1cc(C(F)(F)F)nc2ccc(COc3ccccc3CCCCCC(=O)O)cc12. The van der Waals surface area contributed by atoms with Crippen LogP contribution in [0, 0.1) is 0 Å². The minimum atomic E-state index is -4.56. The predicted octanol–water partition coefficient (Wildman–Crippen LogP) is 7.20. The number of fused-ring (bicyclic) bond motifs is 1. The molecule has 3 aromatic rings. The lowest BCUT2D eigenvalue weighted by molar-refractivity contribution is -0.141. The van der Waals surface area contributed by atoms with Crippen LogP contribution in [0.25, 0.3) is 10.9 Å². The van der Waals surface area contributed by atoms with Crippen LogP contribution in [0.1, 0.15) is 62.3 Å². The lowest BCUT2D eigenvalue weighted by Crippen LogP contribution is -2.09. The van der Waals surface area contributed by atoms with Crippen molar-refractivity contribution in [2.75, 3.05) is 6.61 Å². The molecule has 8 heteroatoms. The molecule has 0 unspecified atom stereocenters. The van der Waals surface area contributed by atoms with Gasteiger partial charge in [-0.05, 0) is 55.0 Å². The highest BCUT2D eigenvalue weighted by molar-refractivity contribution is 5.86. The van der Waals surface area contributed by atoms with Crippen molar-refractivity contribution in [1.29, 1.82) is 0 Å². The number of aromatic nitrogens is 1. The van der Waals surface area contributed by atoms with Crippen molar-refractivity contribution in [2.24, 2.45) is 0 Å². The van der Waals surface area contributed by atoms with Gasteiger partial charge < -0.3 is 14.6 Å². The summed E-state index contributed by atoms with van der Waals surface area (Å²) in [5, 5.41) is 9.27. The average Bonchev–Trinajstić information content (AvgIpc) is 2.82. The van der Waals surface area contributed by atoms with Gasteiger partial charge in [0.1, 0.15) is 23.8 Å². The second-order valence-corrected chi connectivity index (χ2v) is 8.41. The number of aliphatic carboxylic acids is 1. The second kappa shape index (κ2) is 12.4. The standard InChI is InChI=1S/C27H30F3NO4/c1-2-3-15-34-24-17-25(27(28,29)30)31-22-14-13-19(16-21(22)24)18-35-23-11-8-7-10-20(23)9-5-4-6-12-26(32)33/h7-8,10-11,13-14,16-17H,2-6,9,12,15,18H2,1H3,(H,32,33). The summed E-state index contributed by atoms with van der Waals surface area (Å²) in [5.74, 6) is 0.114.